The first-order valence-electron chi connectivity index (χ1n) is 9.42. The summed E-state index contributed by atoms with van der Waals surface area (Å²) in [5.74, 6) is 0. The molecular weight excluding hydrogens is 500 g/mol. The van der Waals surface area contributed by atoms with Gasteiger partial charge in [-0.1, -0.05) is 36.4 Å². The molecule has 31 heavy (non-hydrogen) atoms. The summed E-state index contributed by atoms with van der Waals surface area (Å²) < 4.78 is 29.6. The van der Waals surface area contributed by atoms with Crippen LogP contribution in [0, 0.1) is 0 Å². The first-order chi connectivity index (χ1) is 14.5. The maximum Gasteiger partial charge on any atom is 0.319 e. The third kappa shape index (κ3) is 6.60. The Morgan fingerprint density at radius 1 is 1.13 bits per heavy atom. The molecule has 3 aromatic rings. The molecule has 0 atom stereocenters. The van der Waals surface area contributed by atoms with Gasteiger partial charge in [-0.2, -0.15) is 0 Å². The molecule has 0 aliphatic heterocycles. The van der Waals surface area contributed by atoms with E-state index in [0.717, 1.165) is 5.56 Å². The highest BCUT2D eigenvalue weighted by Crippen LogP contribution is 2.35. The predicted molar refractivity (Wildman–Crippen MR) is 128 cm³/mol. The number of sulfonamides is 1. The Balaban J connectivity index is 1.88. The molecule has 0 aliphatic carbocycles. The first-order valence-corrected chi connectivity index (χ1v) is 12.5. The van der Waals surface area contributed by atoms with E-state index in [4.69, 9.17) is 0 Å². The number of thiazole rings is 1. The maximum absolute atomic E-state index is 13.1. The summed E-state index contributed by atoms with van der Waals surface area (Å²) in [6.07, 6.45) is 1.61. The number of hydrogen-bond acceptors (Lipinski definition) is 5. The number of carbonyl (C=O) groups excluding carboxylic acids is 1. The second-order valence-corrected chi connectivity index (χ2v) is 11.8. The average molecular weight is 523 g/mol. The van der Waals surface area contributed by atoms with Crippen LogP contribution in [0.15, 0.2) is 63.5 Å². The number of rotatable bonds is 6. The van der Waals surface area contributed by atoms with Crippen LogP contribution in [0.3, 0.4) is 0 Å². The number of hydrogen-bond donors (Lipinski definition) is 3. The van der Waals surface area contributed by atoms with Crippen LogP contribution in [-0.4, -0.2) is 25.0 Å². The third-order valence-corrected chi connectivity index (χ3v) is 7.32. The Hall–Kier alpha value is -2.27. The van der Waals surface area contributed by atoms with Crippen LogP contribution < -0.4 is 15.4 Å². The smallest absolute Gasteiger partial charge is 0.319 e. The van der Waals surface area contributed by atoms with Gasteiger partial charge >= 0.3 is 6.03 Å². The molecule has 7 nitrogen and oxygen atoms in total. The summed E-state index contributed by atoms with van der Waals surface area (Å²) in [6.45, 7) is 5.67. The number of halogens is 1. The van der Waals surface area contributed by atoms with E-state index in [2.05, 4.69) is 36.3 Å². The second kappa shape index (κ2) is 9.47. The van der Waals surface area contributed by atoms with E-state index in [0.29, 0.717) is 26.6 Å². The summed E-state index contributed by atoms with van der Waals surface area (Å²) in [6, 6.07) is 13.9. The van der Waals surface area contributed by atoms with Crippen molar-refractivity contribution < 1.29 is 13.2 Å². The molecule has 0 radical (unpaired) electrons. The highest BCUT2D eigenvalue weighted by Gasteiger charge is 2.26. The maximum atomic E-state index is 13.1. The van der Waals surface area contributed by atoms with Crippen molar-refractivity contribution in [3.63, 3.8) is 0 Å². The van der Waals surface area contributed by atoms with Crippen molar-refractivity contribution in [1.82, 2.24) is 15.0 Å². The number of aromatic nitrogens is 1. The van der Waals surface area contributed by atoms with Crippen LogP contribution in [0.5, 0.6) is 0 Å². The fraction of sp³-hybridized carbons (Fsp3) is 0.238. The van der Waals surface area contributed by atoms with Gasteiger partial charge in [-0.05, 0) is 54.4 Å². The lowest BCUT2D eigenvalue weighted by Gasteiger charge is -2.22. The van der Waals surface area contributed by atoms with Crippen molar-refractivity contribution in [2.24, 2.45) is 0 Å². The van der Waals surface area contributed by atoms with Gasteiger partial charge < -0.3 is 10.6 Å². The highest BCUT2D eigenvalue weighted by atomic mass is 79.9. The van der Waals surface area contributed by atoms with Crippen molar-refractivity contribution in [1.29, 1.82) is 0 Å². The number of amides is 2. The van der Waals surface area contributed by atoms with Gasteiger partial charge in [0.1, 0.15) is 0 Å². The second-order valence-electron chi connectivity index (χ2n) is 7.84. The number of nitrogens with zero attached hydrogens (tertiary/aromatic N) is 1. The SMILES string of the molecule is CC(C)(C)NS(=O)(=O)c1cc(NC(=O)NCc2ccccc2)ccc1-c1cnc(Br)s1. The quantitative estimate of drug-likeness (QED) is 0.425. The Bertz CT molecular complexity index is 1170. The molecule has 3 rings (SSSR count). The minimum Gasteiger partial charge on any atom is -0.334 e. The van der Waals surface area contributed by atoms with E-state index in [1.54, 1.807) is 39.1 Å². The van der Waals surface area contributed by atoms with E-state index in [-0.39, 0.29) is 4.90 Å². The zero-order valence-corrected chi connectivity index (χ0v) is 20.5. The van der Waals surface area contributed by atoms with E-state index < -0.39 is 21.6 Å². The number of nitrogens with one attached hydrogen (secondary N) is 3. The lowest BCUT2D eigenvalue weighted by Crippen LogP contribution is -2.40. The van der Waals surface area contributed by atoms with Crippen molar-refractivity contribution in [3.05, 3.63) is 64.2 Å². The zero-order chi connectivity index (χ0) is 22.6. The monoisotopic (exact) mass is 522 g/mol. The lowest BCUT2D eigenvalue weighted by atomic mass is 10.1. The molecule has 0 saturated carbocycles. The molecule has 2 aromatic carbocycles. The Morgan fingerprint density at radius 2 is 1.84 bits per heavy atom. The number of benzene rings is 2. The van der Waals surface area contributed by atoms with Crippen LogP contribution >= 0.6 is 27.3 Å². The third-order valence-electron chi connectivity index (χ3n) is 4.01. The summed E-state index contributed by atoms with van der Waals surface area (Å²) in [5.41, 5.74) is 1.17. The largest absolute Gasteiger partial charge is 0.334 e. The van der Waals surface area contributed by atoms with E-state index >= 15 is 0 Å². The fourth-order valence-corrected chi connectivity index (χ4v) is 5.85. The molecular formula is C21H23BrN4O3S2. The Morgan fingerprint density at radius 3 is 2.45 bits per heavy atom. The molecule has 0 saturated heterocycles. The van der Waals surface area contributed by atoms with Crippen LogP contribution in [0.1, 0.15) is 26.3 Å². The molecule has 0 spiro atoms. The minimum atomic E-state index is -3.86. The molecule has 1 aromatic heterocycles. The zero-order valence-electron chi connectivity index (χ0n) is 17.3. The topological polar surface area (TPSA) is 100 Å². The Labute approximate surface area is 194 Å². The molecule has 2 amide bonds. The fourth-order valence-electron chi connectivity index (χ4n) is 2.81. The van der Waals surface area contributed by atoms with Crippen LogP contribution in [0.2, 0.25) is 0 Å². The van der Waals surface area contributed by atoms with Gasteiger partial charge in [0, 0.05) is 29.5 Å². The standard InChI is InChI=1S/C21H23BrN4O3S2/c1-21(2,3)26-31(28,29)18-11-15(9-10-16(18)17-13-23-19(22)30-17)25-20(27)24-12-14-7-5-4-6-8-14/h4-11,13,26H,12H2,1-3H3,(H2,24,25,27). The summed E-state index contributed by atoms with van der Waals surface area (Å²) in [4.78, 5) is 17.3. The highest BCUT2D eigenvalue weighted by molar-refractivity contribution is 9.11. The Kier molecular flexibility index (Phi) is 7.15. The van der Waals surface area contributed by atoms with Crippen molar-refractivity contribution in [3.8, 4) is 10.4 Å². The van der Waals surface area contributed by atoms with Gasteiger partial charge in [0.25, 0.3) is 0 Å². The van der Waals surface area contributed by atoms with Crippen molar-refractivity contribution in [2.75, 3.05) is 5.32 Å². The lowest BCUT2D eigenvalue weighted by molar-refractivity contribution is 0.251. The van der Waals surface area contributed by atoms with Gasteiger partial charge in [0.2, 0.25) is 10.0 Å². The molecule has 0 unspecified atom stereocenters. The first kappa shape index (κ1) is 23.4. The summed E-state index contributed by atoms with van der Waals surface area (Å²) in [7, 11) is -3.86. The van der Waals surface area contributed by atoms with Gasteiger partial charge in [-0.25, -0.2) is 22.9 Å². The molecule has 10 heteroatoms. The van der Waals surface area contributed by atoms with E-state index in [9.17, 15) is 13.2 Å². The molecule has 0 aliphatic rings. The summed E-state index contributed by atoms with van der Waals surface area (Å²) >= 11 is 4.64. The number of carbonyl (C=O) groups is 1. The number of anilines is 1. The average Bonchev–Trinajstić information content (AvgIpc) is 3.11. The van der Waals surface area contributed by atoms with E-state index in [1.807, 2.05) is 30.3 Å². The molecule has 164 valence electrons. The van der Waals surface area contributed by atoms with Gasteiger partial charge in [0.05, 0.1) is 9.77 Å². The van der Waals surface area contributed by atoms with Crippen molar-refractivity contribution >= 4 is 49.0 Å². The van der Waals surface area contributed by atoms with E-state index in [1.165, 1.54) is 17.4 Å². The van der Waals surface area contributed by atoms with Gasteiger partial charge in [-0.15, -0.1) is 11.3 Å². The van der Waals surface area contributed by atoms with Gasteiger partial charge in [-0.3, -0.25) is 0 Å². The molecule has 0 bridgehead atoms. The van der Waals surface area contributed by atoms with Crippen LogP contribution in [0.25, 0.3) is 10.4 Å². The van der Waals surface area contributed by atoms with Crippen LogP contribution in [0.4, 0.5) is 10.5 Å². The minimum absolute atomic E-state index is 0.0689. The molecule has 1 heterocycles. The normalized spacial score (nSPS) is 11.9. The summed E-state index contributed by atoms with van der Waals surface area (Å²) in [5, 5.41) is 5.47. The molecule has 0 fully saturated rings. The van der Waals surface area contributed by atoms with Crippen molar-refractivity contribution in [2.45, 2.75) is 37.8 Å². The van der Waals surface area contributed by atoms with Crippen LogP contribution in [-0.2, 0) is 16.6 Å². The molecule has 3 N–H and O–H groups in total. The number of urea groups is 1. The predicted octanol–water partition coefficient (Wildman–Crippen LogP) is 4.97. The van der Waals surface area contributed by atoms with Gasteiger partial charge in [0.15, 0.2) is 3.92 Å².